The van der Waals surface area contributed by atoms with Crippen molar-refractivity contribution in [3.8, 4) is 0 Å². The van der Waals surface area contributed by atoms with E-state index in [1.54, 1.807) is 36.1 Å². The molecule has 1 fully saturated rings. The molecule has 2 aromatic rings. The van der Waals surface area contributed by atoms with Gasteiger partial charge in [0.25, 0.3) is 15.9 Å². The minimum absolute atomic E-state index is 0.0553. The molecule has 26 heavy (non-hydrogen) atoms. The van der Waals surface area contributed by atoms with Crippen LogP contribution in [0.15, 0.2) is 51.8 Å². The molecule has 1 saturated heterocycles. The fourth-order valence-electron chi connectivity index (χ4n) is 2.70. The Labute approximate surface area is 161 Å². The van der Waals surface area contributed by atoms with E-state index >= 15 is 0 Å². The number of nitrogens with zero attached hydrogens (tertiary/aromatic N) is 1. The molecule has 0 aliphatic carbocycles. The first kappa shape index (κ1) is 18.9. The summed E-state index contributed by atoms with van der Waals surface area (Å²) in [6, 6.07) is 11.5. The van der Waals surface area contributed by atoms with Gasteiger partial charge in [0, 0.05) is 28.8 Å². The van der Waals surface area contributed by atoms with Gasteiger partial charge in [-0.25, -0.2) is 8.42 Å². The Morgan fingerprint density at radius 2 is 1.88 bits per heavy atom. The number of carbonyl (C=O) groups excluding carboxylic acids is 1. The minimum Gasteiger partial charge on any atom is -0.378 e. The fraction of sp³-hybridized carbons (Fsp3) is 0.278. The van der Waals surface area contributed by atoms with Crippen molar-refractivity contribution in [2.75, 3.05) is 31.0 Å². The maximum absolute atomic E-state index is 12.8. The standard InChI is InChI=1S/C18H19BrN2O4S/c1-13-5-6-16(12-17(13)18(22)21-7-9-25-10-8-21)26(23,24)20-15-4-2-3-14(19)11-15/h2-6,11-12,20H,7-10H2,1H3. The van der Waals surface area contributed by atoms with Crippen LogP contribution in [0.5, 0.6) is 0 Å². The van der Waals surface area contributed by atoms with E-state index in [1.165, 1.54) is 12.1 Å². The molecule has 6 nitrogen and oxygen atoms in total. The van der Waals surface area contributed by atoms with E-state index < -0.39 is 10.0 Å². The molecule has 0 aromatic heterocycles. The average Bonchev–Trinajstić information content (AvgIpc) is 2.62. The van der Waals surface area contributed by atoms with Gasteiger partial charge in [0.1, 0.15) is 0 Å². The number of anilines is 1. The average molecular weight is 439 g/mol. The summed E-state index contributed by atoms with van der Waals surface area (Å²) in [6.45, 7) is 3.79. The third-order valence-electron chi connectivity index (χ3n) is 4.12. The van der Waals surface area contributed by atoms with E-state index in [2.05, 4.69) is 20.7 Å². The Kier molecular flexibility index (Phi) is 5.64. The topological polar surface area (TPSA) is 75.7 Å². The molecule has 2 aromatic carbocycles. The molecule has 0 saturated carbocycles. The Hall–Kier alpha value is -1.90. The van der Waals surface area contributed by atoms with E-state index in [1.807, 2.05) is 6.07 Å². The quantitative estimate of drug-likeness (QED) is 0.795. The number of benzene rings is 2. The second-order valence-corrected chi connectivity index (χ2v) is 8.60. The van der Waals surface area contributed by atoms with Crippen LogP contribution in [0.2, 0.25) is 0 Å². The normalized spacial score (nSPS) is 14.9. The Morgan fingerprint density at radius 1 is 1.15 bits per heavy atom. The maximum Gasteiger partial charge on any atom is 0.261 e. The smallest absolute Gasteiger partial charge is 0.261 e. The third kappa shape index (κ3) is 4.25. The predicted octanol–water partition coefficient (Wildman–Crippen LogP) is 3.03. The summed E-state index contributed by atoms with van der Waals surface area (Å²) >= 11 is 3.31. The number of halogens is 1. The highest BCUT2D eigenvalue weighted by Crippen LogP contribution is 2.22. The highest BCUT2D eigenvalue weighted by Gasteiger charge is 2.23. The van der Waals surface area contributed by atoms with E-state index in [9.17, 15) is 13.2 Å². The van der Waals surface area contributed by atoms with Crippen LogP contribution in [0.25, 0.3) is 0 Å². The minimum atomic E-state index is -3.80. The summed E-state index contributed by atoms with van der Waals surface area (Å²) < 4.78 is 34.0. The number of morpholine rings is 1. The predicted molar refractivity (Wildman–Crippen MR) is 103 cm³/mol. The van der Waals surface area contributed by atoms with Gasteiger partial charge in [0.05, 0.1) is 18.1 Å². The first-order valence-electron chi connectivity index (χ1n) is 8.13. The highest BCUT2D eigenvalue weighted by atomic mass is 79.9. The van der Waals surface area contributed by atoms with Crippen LogP contribution in [0.4, 0.5) is 5.69 Å². The number of rotatable bonds is 4. The molecule has 1 aliphatic rings. The number of ether oxygens (including phenoxy) is 1. The third-order valence-corrected chi connectivity index (χ3v) is 6.00. The summed E-state index contributed by atoms with van der Waals surface area (Å²) in [7, 11) is -3.80. The molecule has 0 spiro atoms. The van der Waals surface area contributed by atoms with Crippen molar-refractivity contribution in [2.45, 2.75) is 11.8 Å². The van der Waals surface area contributed by atoms with Crippen molar-refractivity contribution in [1.82, 2.24) is 4.90 Å². The van der Waals surface area contributed by atoms with Gasteiger partial charge in [-0.2, -0.15) is 0 Å². The lowest BCUT2D eigenvalue weighted by atomic mass is 10.1. The van der Waals surface area contributed by atoms with Gasteiger partial charge in [-0.3, -0.25) is 9.52 Å². The van der Waals surface area contributed by atoms with Crippen LogP contribution in [-0.4, -0.2) is 45.5 Å². The van der Waals surface area contributed by atoms with Crippen LogP contribution >= 0.6 is 15.9 Å². The molecule has 1 aliphatic heterocycles. The zero-order valence-corrected chi connectivity index (χ0v) is 16.6. The summed E-state index contributed by atoms with van der Waals surface area (Å²) in [4.78, 5) is 14.5. The molecular formula is C18H19BrN2O4S. The van der Waals surface area contributed by atoms with Gasteiger partial charge in [0.15, 0.2) is 0 Å². The zero-order chi connectivity index (χ0) is 18.7. The van der Waals surface area contributed by atoms with Crippen LogP contribution in [0.3, 0.4) is 0 Å². The van der Waals surface area contributed by atoms with Crippen LogP contribution in [0.1, 0.15) is 15.9 Å². The maximum atomic E-state index is 12.8. The number of hydrogen-bond acceptors (Lipinski definition) is 4. The van der Waals surface area contributed by atoms with Gasteiger partial charge in [-0.05, 0) is 42.8 Å². The lowest BCUT2D eigenvalue weighted by molar-refractivity contribution is 0.0302. The van der Waals surface area contributed by atoms with Gasteiger partial charge in [-0.15, -0.1) is 0 Å². The molecule has 1 N–H and O–H groups in total. The summed E-state index contributed by atoms with van der Waals surface area (Å²) in [5.74, 6) is -0.176. The van der Waals surface area contributed by atoms with Gasteiger partial charge < -0.3 is 9.64 Å². The van der Waals surface area contributed by atoms with Crippen molar-refractivity contribution in [3.63, 3.8) is 0 Å². The Balaban J connectivity index is 1.89. The van der Waals surface area contributed by atoms with Crippen LogP contribution in [0, 0.1) is 6.92 Å². The monoisotopic (exact) mass is 438 g/mol. The van der Waals surface area contributed by atoms with Gasteiger partial charge >= 0.3 is 0 Å². The first-order chi connectivity index (χ1) is 12.4. The fourth-order valence-corrected chi connectivity index (χ4v) is 4.18. The number of nitrogens with one attached hydrogen (secondary N) is 1. The number of aryl methyl sites for hydroxylation is 1. The van der Waals surface area contributed by atoms with Crippen LogP contribution in [-0.2, 0) is 14.8 Å². The van der Waals surface area contributed by atoms with Gasteiger partial charge in [-0.1, -0.05) is 28.1 Å². The highest BCUT2D eigenvalue weighted by molar-refractivity contribution is 9.10. The summed E-state index contributed by atoms with van der Waals surface area (Å²) in [5.41, 5.74) is 1.58. The van der Waals surface area contributed by atoms with Crippen molar-refractivity contribution in [3.05, 3.63) is 58.1 Å². The Bertz CT molecular complexity index is 925. The summed E-state index contributed by atoms with van der Waals surface area (Å²) in [5, 5.41) is 0. The second kappa shape index (κ2) is 7.77. The number of carbonyl (C=O) groups is 1. The lowest BCUT2D eigenvalue weighted by Crippen LogP contribution is -2.41. The molecule has 0 unspecified atom stereocenters. The van der Waals surface area contributed by atoms with Crippen molar-refractivity contribution >= 4 is 37.5 Å². The molecule has 8 heteroatoms. The zero-order valence-electron chi connectivity index (χ0n) is 14.2. The molecule has 0 radical (unpaired) electrons. The molecule has 0 atom stereocenters. The first-order valence-corrected chi connectivity index (χ1v) is 10.4. The van der Waals surface area contributed by atoms with Gasteiger partial charge in [0.2, 0.25) is 0 Å². The Morgan fingerprint density at radius 3 is 2.58 bits per heavy atom. The number of sulfonamides is 1. The summed E-state index contributed by atoms with van der Waals surface area (Å²) in [6.07, 6.45) is 0. The van der Waals surface area contributed by atoms with E-state index in [-0.39, 0.29) is 10.8 Å². The van der Waals surface area contributed by atoms with Crippen molar-refractivity contribution in [2.24, 2.45) is 0 Å². The molecule has 1 amide bonds. The van der Waals surface area contributed by atoms with E-state index in [4.69, 9.17) is 4.74 Å². The second-order valence-electron chi connectivity index (χ2n) is 6.00. The van der Waals surface area contributed by atoms with E-state index in [0.29, 0.717) is 37.6 Å². The molecule has 0 bridgehead atoms. The largest absolute Gasteiger partial charge is 0.378 e. The molecule has 1 heterocycles. The van der Waals surface area contributed by atoms with Crippen molar-refractivity contribution < 1.29 is 17.9 Å². The molecular weight excluding hydrogens is 420 g/mol. The molecule has 3 rings (SSSR count). The van der Waals surface area contributed by atoms with Crippen LogP contribution < -0.4 is 4.72 Å². The van der Waals surface area contributed by atoms with Crippen molar-refractivity contribution in [1.29, 1.82) is 0 Å². The SMILES string of the molecule is Cc1ccc(S(=O)(=O)Nc2cccc(Br)c2)cc1C(=O)N1CCOCC1. The number of hydrogen-bond donors (Lipinski definition) is 1. The lowest BCUT2D eigenvalue weighted by Gasteiger charge is -2.27. The number of amides is 1. The van der Waals surface area contributed by atoms with E-state index in [0.717, 1.165) is 10.0 Å². The molecule has 138 valence electrons.